The van der Waals surface area contributed by atoms with Gasteiger partial charge in [0.05, 0.1) is 6.10 Å². The highest BCUT2D eigenvalue weighted by Gasteiger charge is 2.14. The summed E-state index contributed by atoms with van der Waals surface area (Å²) in [5.41, 5.74) is 0.376. The Hall–Kier alpha value is -0.0800. The Morgan fingerprint density at radius 1 is 1.21 bits per heavy atom. The molecule has 0 heterocycles. The zero-order chi connectivity index (χ0) is 11.2. The molecule has 0 radical (unpaired) electrons. The summed E-state index contributed by atoms with van der Waals surface area (Å²) in [5, 5.41) is 3.37. The molecule has 2 nitrogen and oxygen atoms in total. The van der Waals surface area contributed by atoms with E-state index in [1.165, 1.54) is 0 Å². The first-order valence-electron chi connectivity index (χ1n) is 5.72. The fourth-order valence-corrected chi connectivity index (χ4v) is 1.18. The van der Waals surface area contributed by atoms with Gasteiger partial charge in [-0.25, -0.2) is 0 Å². The van der Waals surface area contributed by atoms with E-state index in [9.17, 15) is 0 Å². The molecular formula is C12H27NO. The van der Waals surface area contributed by atoms with E-state index < -0.39 is 0 Å². The van der Waals surface area contributed by atoms with Crippen molar-refractivity contribution in [1.82, 2.24) is 5.32 Å². The number of nitrogens with one attached hydrogen (secondary N) is 1. The predicted molar refractivity (Wildman–Crippen MR) is 62.6 cm³/mol. The zero-order valence-electron chi connectivity index (χ0n) is 10.7. The van der Waals surface area contributed by atoms with Crippen molar-refractivity contribution in [3.05, 3.63) is 0 Å². The summed E-state index contributed by atoms with van der Waals surface area (Å²) in [7, 11) is 0. The lowest BCUT2D eigenvalue weighted by Crippen LogP contribution is -2.37. The van der Waals surface area contributed by atoms with Crippen LogP contribution in [0.5, 0.6) is 0 Å². The smallest absolute Gasteiger partial charge is 0.0697 e. The van der Waals surface area contributed by atoms with E-state index in [4.69, 9.17) is 4.74 Å². The monoisotopic (exact) mass is 201 g/mol. The summed E-state index contributed by atoms with van der Waals surface area (Å²) >= 11 is 0. The minimum Gasteiger partial charge on any atom is -0.377 e. The van der Waals surface area contributed by atoms with Crippen LogP contribution in [0.25, 0.3) is 0 Å². The Kier molecular flexibility index (Phi) is 6.38. The second-order valence-electron chi connectivity index (χ2n) is 5.23. The maximum Gasteiger partial charge on any atom is 0.0697 e. The zero-order valence-corrected chi connectivity index (χ0v) is 10.7. The summed E-state index contributed by atoms with van der Waals surface area (Å²) in [6.45, 7) is 15.0. The van der Waals surface area contributed by atoms with Crippen LogP contribution in [-0.2, 0) is 4.74 Å². The van der Waals surface area contributed by atoms with Gasteiger partial charge in [0.2, 0.25) is 0 Å². The van der Waals surface area contributed by atoms with Crippen LogP contribution in [-0.4, -0.2) is 25.3 Å². The molecule has 1 N–H and O–H groups in total. The summed E-state index contributed by atoms with van der Waals surface area (Å²) < 4.78 is 5.77. The molecule has 2 atom stereocenters. The van der Waals surface area contributed by atoms with Gasteiger partial charge in [-0.2, -0.15) is 0 Å². The minimum atomic E-state index is 0.303. The van der Waals surface area contributed by atoms with Gasteiger partial charge in [-0.15, -0.1) is 0 Å². The van der Waals surface area contributed by atoms with Crippen LogP contribution in [0.2, 0.25) is 0 Å². The molecule has 0 saturated heterocycles. The SMILES string of the molecule is CCNC(C)C(C)OCCC(C)(C)C. The maximum atomic E-state index is 5.77. The molecule has 0 bridgehead atoms. The van der Waals surface area contributed by atoms with E-state index in [1.807, 2.05) is 0 Å². The third-order valence-corrected chi connectivity index (χ3v) is 2.46. The van der Waals surface area contributed by atoms with Crippen molar-refractivity contribution in [1.29, 1.82) is 0 Å². The Bertz CT molecular complexity index is 140. The molecule has 86 valence electrons. The molecule has 0 rings (SSSR count). The van der Waals surface area contributed by atoms with Crippen molar-refractivity contribution in [3.63, 3.8) is 0 Å². The molecular weight excluding hydrogens is 174 g/mol. The molecule has 0 aromatic heterocycles. The van der Waals surface area contributed by atoms with E-state index in [1.54, 1.807) is 0 Å². The van der Waals surface area contributed by atoms with Crippen molar-refractivity contribution < 1.29 is 4.74 Å². The average molecular weight is 201 g/mol. The van der Waals surface area contributed by atoms with Crippen LogP contribution in [0.15, 0.2) is 0 Å². The third-order valence-electron chi connectivity index (χ3n) is 2.46. The average Bonchev–Trinajstić information content (AvgIpc) is 2.02. The lowest BCUT2D eigenvalue weighted by atomic mass is 9.93. The Labute approximate surface area is 89.4 Å². The highest BCUT2D eigenvalue weighted by Crippen LogP contribution is 2.18. The highest BCUT2D eigenvalue weighted by molar-refractivity contribution is 4.68. The van der Waals surface area contributed by atoms with Gasteiger partial charge in [0, 0.05) is 12.6 Å². The largest absolute Gasteiger partial charge is 0.377 e. The van der Waals surface area contributed by atoms with Crippen molar-refractivity contribution in [2.75, 3.05) is 13.2 Å². The molecule has 0 aliphatic rings. The molecule has 2 heteroatoms. The Morgan fingerprint density at radius 2 is 1.79 bits per heavy atom. The second-order valence-corrected chi connectivity index (χ2v) is 5.23. The van der Waals surface area contributed by atoms with Crippen LogP contribution < -0.4 is 5.32 Å². The first-order chi connectivity index (χ1) is 6.37. The van der Waals surface area contributed by atoms with Crippen molar-refractivity contribution in [2.45, 2.75) is 60.1 Å². The highest BCUT2D eigenvalue weighted by atomic mass is 16.5. The van der Waals surface area contributed by atoms with Gasteiger partial charge in [0.25, 0.3) is 0 Å². The fraction of sp³-hybridized carbons (Fsp3) is 1.00. The van der Waals surface area contributed by atoms with E-state index in [-0.39, 0.29) is 0 Å². The van der Waals surface area contributed by atoms with E-state index in [2.05, 4.69) is 46.9 Å². The molecule has 0 aliphatic heterocycles. The van der Waals surface area contributed by atoms with Gasteiger partial charge in [0.1, 0.15) is 0 Å². The lowest BCUT2D eigenvalue weighted by molar-refractivity contribution is 0.0296. The van der Waals surface area contributed by atoms with Crippen LogP contribution in [0, 0.1) is 5.41 Å². The van der Waals surface area contributed by atoms with Gasteiger partial charge in [-0.3, -0.25) is 0 Å². The molecule has 0 aromatic carbocycles. The minimum absolute atomic E-state index is 0.303. The quantitative estimate of drug-likeness (QED) is 0.713. The van der Waals surface area contributed by atoms with Crippen molar-refractivity contribution in [2.24, 2.45) is 5.41 Å². The van der Waals surface area contributed by atoms with Gasteiger partial charge < -0.3 is 10.1 Å². The standard InChI is InChI=1S/C12H27NO/c1-7-13-10(2)11(3)14-9-8-12(4,5)6/h10-11,13H,7-9H2,1-6H3. The predicted octanol–water partition coefficient (Wildman–Crippen LogP) is 2.83. The van der Waals surface area contributed by atoms with Crippen molar-refractivity contribution >= 4 is 0 Å². The van der Waals surface area contributed by atoms with Gasteiger partial charge in [-0.05, 0) is 32.2 Å². The summed E-state index contributed by atoms with van der Waals surface area (Å²) in [6.07, 6.45) is 1.42. The number of likely N-dealkylation sites (N-methyl/N-ethyl adjacent to an activating group) is 1. The normalized spacial score (nSPS) is 16.7. The fourth-order valence-electron chi connectivity index (χ4n) is 1.18. The van der Waals surface area contributed by atoms with E-state index >= 15 is 0 Å². The number of rotatable bonds is 6. The molecule has 0 aliphatic carbocycles. The van der Waals surface area contributed by atoms with Crippen LogP contribution >= 0.6 is 0 Å². The summed E-state index contributed by atoms with van der Waals surface area (Å²) in [4.78, 5) is 0. The Balaban J connectivity index is 3.58. The van der Waals surface area contributed by atoms with Gasteiger partial charge >= 0.3 is 0 Å². The van der Waals surface area contributed by atoms with Crippen molar-refractivity contribution in [3.8, 4) is 0 Å². The second kappa shape index (κ2) is 6.41. The number of ether oxygens (including phenoxy) is 1. The summed E-state index contributed by atoms with van der Waals surface area (Å²) in [6, 6.07) is 0.444. The first-order valence-corrected chi connectivity index (χ1v) is 5.72. The van der Waals surface area contributed by atoms with Gasteiger partial charge in [0.15, 0.2) is 0 Å². The van der Waals surface area contributed by atoms with Crippen LogP contribution in [0.4, 0.5) is 0 Å². The molecule has 2 unspecified atom stereocenters. The Morgan fingerprint density at radius 3 is 2.21 bits per heavy atom. The molecule has 0 amide bonds. The summed E-state index contributed by atoms with van der Waals surface area (Å²) in [5.74, 6) is 0. The maximum absolute atomic E-state index is 5.77. The third kappa shape index (κ3) is 7.34. The molecule has 0 saturated carbocycles. The first kappa shape index (κ1) is 13.9. The van der Waals surface area contributed by atoms with E-state index in [0.29, 0.717) is 17.6 Å². The molecule has 0 aromatic rings. The molecule has 14 heavy (non-hydrogen) atoms. The number of hydrogen-bond acceptors (Lipinski definition) is 2. The van der Waals surface area contributed by atoms with Crippen LogP contribution in [0.1, 0.15) is 48.0 Å². The molecule has 0 spiro atoms. The number of hydrogen-bond donors (Lipinski definition) is 1. The topological polar surface area (TPSA) is 21.3 Å². The lowest BCUT2D eigenvalue weighted by Gasteiger charge is -2.24. The van der Waals surface area contributed by atoms with E-state index in [0.717, 1.165) is 19.6 Å². The molecule has 0 fully saturated rings. The van der Waals surface area contributed by atoms with Gasteiger partial charge in [-0.1, -0.05) is 27.7 Å². The van der Waals surface area contributed by atoms with Crippen LogP contribution in [0.3, 0.4) is 0 Å².